The van der Waals surface area contributed by atoms with Gasteiger partial charge in [0.15, 0.2) is 0 Å². The molecular formula is C12H30O3P2S. The van der Waals surface area contributed by atoms with Gasteiger partial charge < -0.3 is 0 Å². The van der Waals surface area contributed by atoms with Crippen LogP contribution in [0.2, 0.25) is 0 Å². The Kier molecular flexibility index (Phi) is 7.27. The van der Waals surface area contributed by atoms with E-state index in [4.69, 9.17) is 3.97 Å². The van der Waals surface area contributed by atoms with Gasteiger partial charge in [-0.1, -0.05) is 0 Å². The predicted octanol–water partition coefficient (Wildman–Crippen LogP) is 3.62. The summed E-state index contributed by atoms with van der Waals surface area (Å²) in [5.74, 6) is 0. The second-order valence-electron chi connectivity index (χ2n) is 5.35. The first kappa shape index (κ1) is 18.8. The molecule has 0 fully saturated rings. The maximum atomic E-state index is 11.6. The summed E-state index contributed by atoms with van der Waals surface area (Å²) in [6, 6.07) is 0. The van der Waals surface area contributed by atoms with Crippen molar-refractivity contribution in [2.24, 2.45) is 0 Å². The Morgan fingerprint density at radius 3 is 1.78 bits per heavy atom. The average molecular weight is 316 g/mol. The van der Waals surface area contributed by atoms with E-state index in [0.29, 0.717) is 0 Å². The fraction of sp³-hybridized carbons (Fsp3) is 1.00. The van der Waals surface area contributed by atoms with Crippen LogP contribution in [0.15, 0.2) is 0 Å². The molecule has 0 aliphatic carbocycles. The van der Waals surface area contributed by atoms with Gasteiger partial charge in [0.1, 0.15) is 0 Å². The molecule has 0 unspecified atom stereocenters. The van der Waals surface area contributed by atoms with Crippen LogP contribution < -0.4 is 0 Å². The zero-order chi connectivity index (χ0) is 14.5. The molecule has 3 nitrogen and oxygen atoms in total. The van der Waals surface area contributed by atoms with Gasteiger partial charge >= 0.3 is 115 Å². The van der Waals surface area contributed by atoms with Crippen LogP contribution in [-0.2, 0) is 14.1 Å². The summed E-state index contributed by atoms with van der Waals surface area (Å²) in [5, 5.41) is 0. The number of hydrogen-bond acceptors (Lipinski definition) is 3. The van der Waals surface area contributed by atoms with Gasteiger partial charge in [-0.2, -0.15) is 0 Å². The first-order valence-electron chi connectivity index (χ1n) is 6.76. The molecule has 0 aliphatic heterocycles. The van der Waals surface area contributed by atoms with Crippen molar-refractivity contribution >= 4 is 24.9 Å². The molecule has 18 heavy (non-hydrogen) atoms. The minimum atomic E-state index is -3.36. The minimum absolute atomic E-state index is 0.0524. The van der Waals surface area contributed by atoms with E-state index >= 15 is 0 Å². The van der Waals surface area contributed by atoms with Crippen LogP contribution >= 0.6 is 14.8 Å². The standard InChI is InChI=1S/C12H30O3P2S/c1-7-16(8-2)11-12-17(5,9-3,10-4)15-18(6,13)14/h7-12H2,1-6H3. The van der Waals surface area contributed by atoms with Crippen LogP contribution in [0.5, 0.6) is 0 Å². The third kappa shape index (κ3) is 5.82. The Labute approximate surface area is 115 Å². The summed E-state index contributed by atoms with van der Waals surface area (Å²) >= 11 is 0. The van der Waals surface area contributed by atoms with Crippen molar-refractivity contribution in [3.8, 4) is 0 Å². The van der Waals surface area contributed by atoms with E-state index < -0.39 is 16.9 Å². The second-order valence-corrected chi connectivity index (χ2v) is 16.5. The van der Waals surface area contributed by atoms with Crippen molar-refractivity contribution in [2.75, 3.05) is 49.9 Å². The first-order valence-corrected chi connectivity index (χ1v) is 13.6. The molecular weight excluding hydrogens is 286 g/mol. The molecule has 0 aromatic carbocycles. The van der Waals surface area contributed by atoms with E-state index in [0.717, 1.165) is 24.6 Å². The Balaban J connectivity index is 5.01. The molecule has 0 aromatic heterocycles. The average Bonchev–Trinajstić information content (AvgIpc) is 2.29. The Morgan fingerprint density at radius 2 is 1.50 bits per heavy atom. The third-order valence-electron chi connectivity index (χ3n) is 4.09. The molecule has 0 spiro atoms. The van der Waals surface area contributed by atoms with Crippen LogP contribution in [0, 0.1) is 0 Å². The van der Waals surface area contributed by atoms with E-state index in [1.807, 2.05) is 0 Å². The molecule has 0 atom stereocenters. The summed E-state index contributed by atoms with van der Waals surface area (Å²) in [7, 11) is -3.31. The monoisotopic (exact) mass is 316 g/mol. The molecule has 0 aromatic rings. The van der Waals surface area contributed by atoms with Crippen molar-refractivity contribution < 1.29 is 12.4 Å². The SMILES string of the molecule is CCP(CC)CCP(C)(CC)(CC)OS(C)(=O)=O. The normalized spacial score (nSPS) is 15.6. The maximum absolute atomic E-state index is 11.6. The van der Waals surface area contributed by atoms with E-state index in [9.17, 15) is 8.42 Å². The fourth-order valence-corrected chi connectivity index (χ4v) is 12.1. The van der Waals surface area contributed by atoms with E-state index in [1.165, 1.54) is 18.6 Å². The van der Waals surface area contributed by atoms with E-state index in [1.54, 1.807) is 0 Å². The zero-order valence-corrected chi connectivity index (χ0v) is 15.4. The van der Waals surface area contributed by atoms with Gasteiger partial charge in [0.2, 0.25) is 0 Å². The van der Waals surface area contributed by atoms with Gasteiger partial charge in [-0.3, -0.25) is 0 Å². The predicted molar refractivity (Wildman–Crippen MR) is 87.6 cm³/mol. The molecule has 0 saturated heterocycles. The van der Waals surface area contributed by atoms with Crippen LogP contribution in [-0.4, -0.2) is 58.3 Å². The molecule has 6 heteroatoms. The molecule has 0 N–H and O–H groups in total. The Hall–Kier alpha value is 0.770. The quantitative estimate of drug-likeness (QED) is 0.610. The van der Waals surface area contributed by atoms with Gasteiger partial charge in [0.05, 0.1) is 0 Å². The van der Waals surface area contributed by atoms with E-state index in [2.05, 4.69) is 34.4 Å². The summed E-state index contributed by atoms with van der Waals surface area (Å²) in [4.78, 5) is 0. The van der Waals surface area contributed by atoms with Crippen LogP contribution in [0.3, 0.4) is 0 Å². The second kappa shape index (κ2) is 6.97. The van der Waals surface area contributed by atoms with Crippen molar-refractivity contribution in [3.05, 3.63) is 0 Å². The van der Waals surface area contributed by atoms with Crippen molar-refractivity contribution in [1.82, 2.24) is 0 Å². The Bertz CT molecular complexity index is 346. The molecule has 0 heterocycles. The first-order chi connectivity index (χ1) is 8.12. The summed E-state index contributed by atoms with van der Waals surface area (Å²) in [6.07, 6.45) is 7.45. The number of rotatable bonds is 9. The summed E-state index contributed by atoms with van der Waals surface area (Å²) in [6.45, 7) is 8.19. The van der Waals surface area contributed by atoms with Crippen molar-refractivity contribution in [3.63, 3.8) is 0 Å². The molecule has 0 rings (SSSR count). The zero-order valence-electron chi connectivity index (χ0n) is 12.8. The van der Waals surface area contributed by atoms with Gasteiger partial charge in [0.25, 0.3) is 0 Å². The summed E-state index contributed by atoms with van der Waals surface area (Å²) < 4.78 is 28.8. The van der Waals surface area contributed by atoms with Crippen LogP contribution in [0.25, 0.3) is 0 Å². The molecule has 112 valence electrons. The molecule has 0 radical (unpaired) electrons. The van der Waals surface area contributed by atoms with Crippen LogP contribution in [0.1, 0.15) is 27.7 Å². The molecule has 0 aliphatic rings. The van der Waals surface area contributed by atoms with Gasteiger partial charge in [0, 0.05) is 0 Å². The van der Waals surface area contributed by atoms with Crippen molar-refractivity contribution in [2.45, 2.75) is 27.7 Å². The van der Waals surface area contributed by atoms with Crippen LogP contribution in [0.4, 0.5) is 0 Å². The van der Waals surface area contributed by atoms with Gasteiger partial charge in [-0.15, -0.1) is 0 Å². The molecule has 0 saturated carbocycles. The third-order valence-corrected chi connectivity index (χ3v) is 15.1. The van der Waals surface area contributed by atoms with Crippen molar-refractivity contribution in [1.29, 1.82) is 0 Å². The van der Waals surface area contributed by atoms with Gasteiger partial charge in [-0.05, 0) is 0 Å². The topological polar surface area (TPSA) is 43.4 Å². The Morgan fingerprint density at radius 1 is 1.06 bits per heavy atom. The van der Waals surface area contributed by atoms with Gasteiger partial charge in [-0.25, -0.2) is 0 Å². The number of hydrogen-bond donors (Lipinski definition) is 0. The van der Waals surface area contributed by atoms with E-state index in [-0.39, 0.29) is 7.92 Å². The summed E-state index contributed by atoms with van der Waals surface area (Å²) in [5.41, 5.74) is 0. The molecule has 0 amide bonds. The fourth-order valence-electron chi connectivity index (χ4n) is 2.07. The molecule has 0 bridgehead atoms.